The molecular weight excluding hydrogens is 268 g/mol. The zero-order valence-corrected chi connectivity index (χ0v) is 12.1. The maximum absolute atomic E-state index is 10.8. The summed E-state index contributed by atoms with van der Waals surface area (Å²) in [4.78, 5) is 14.9. The Morgan fingerprint density at radius 3 is 2.86 bits per heavy atom. The molecule has 0 heterocycles. The SMILES string of the molecule is CCNC(=NCc1cccc([N+](=O)[O-])c1)NC1CC=CC1. The Balaban J connectivity index is 2.00. The molecule has 0 fully saturated rings. The van der Waals surface area contributed by atoms with Crippen molar-refractivity contribution in [3.63, 3.8) is 0 Å². The highest BCUT2D eigenvalue weighted by Crippen LogP contribution is 2.14. The fourth-order valence-electron chi connectivity index (χ4n) is 2.19. The van der Waals surface area contributed by atoms with Crippen LogP contribution in [0.25, 0.3) is 0 Å². The van der Waals surface area contributed by atoms with E-state index in [4.69, 9.17) is 0 Å². The molecule has 0 aromatic heterocycles. The van der Waals surface area contributed by atoms with E-state index in [1.807, 2.05) is 13.0 Å². The number of nitrogens with zero attached hydrogens (tertiary/aromatic N) is 2. The molecule has 0 atom stereocenters. The predicted octanol–water partition coefficient (Wildman–Crippen LogP) is 2.37. The number of nitro groups is 1. The van der Waals surface area contributed by atoms with Gasteiger partial charge in [0.1, 0.15) is 0 Å². The molecule has 6 nitrogen and oxygen atoms in total. The zero-order chi connectivity index (χ0) is 15.1. The van der Waals surface area contributed by atoms with E-state index < -0.39 is 0 Å². The lowest BCUT2D eigenvalue weighted by atomic mass is 10.2. The average molecular weight is 288 g/mol. The highest BCUT2D eigenvalue weighted by atomic mass is 16.6. The highest BCUT2D eigenvalue weighted by molar-refractivity contribution is 5.80. The van der Waals surface area contributed by atoms with Crippen molar-refractivity contribution in [3.05, 3.63) is 52.1 Å². The maximum Gasteiger partial charge on any atom is 0.269 e. The first kappa shape index (κ1) is 15.0. The van der Waals surface area contributed by atoms with Gasteiger partial charge >= 0.3 is 0 Å². The van der Waals surface area contributed by atoms with Crippen molar-refractivity contribution in [2.24, 2.45) is 4.99 Å². The van der Waals surface area contributed by atoms with Crippen LogP contribution in [0.1, 0.15) is 25.3 Å². The van der Waals surface area contributed by atoms with E-state index in [9.17, 15) is 10.1 Å². The molecule has 0 saturated carbocycles. The molecule has 2 N–H and O–H groups in total. The summed E-state index contributed by atoms with van der Waals surface area (Å²) in [5.41, 5.74) is 0.923. The lowest BCUT2D eigenvalue weighted by Gasteiger charge is -2.16. The van der Waals surface area contributed by atoms with Gasteiger partial charge in [-0.2, -0.15) is 0 Å². The van der Waals surface area contributed by atoms with Crippen molar-refractivity contribution < 1.29 is 4.92 Å². The third-order valence-corrected chi connectivity index (χ3v) is 3.23. The van der Waals surface area contributed by atoms with Crippen molar-refractivity contribution in [3.8, 4) is 0 Å². The first-order chi connectivity index (χ1) is 10.2. The van der Waals surface area contributed by atoms with Crippen LogP contribution >= 0.6 is 0 Å². The number of aliphatic imine (C=N–C) groups is 1. The van der Waals surface area contributed by atoms with Crippen LogP contribution in [-0.2, 0) is 6.54 Å². The summed E-state index contributed by atoms with van der Waals surface area (Å²) in [6.45, 7) is 3.20. The molecule has 0 radical (unpaired) electrons. The molecule has 0 unspecified atom stereocenters. The molecule has 6 heteroatoms. The van der Waals surface area contributed by atoms with E-state index in [0.717, 1.165) is 30.9 Å². The topological polar surface area (TPSA) is 79.6 Å². The third kappa shape index (κ3) is 4.59. The van der Waals surface area contributed by atoms with Gasteiger partial charge in [0, 0.05) is 24.7 Å². The number of nitro benzene ring substituents is 1. The molecule has 0 spiro atoms. The van der Waals surface area contributed by atoms with Gasteiger partial charge in [0.15, 0.2) is 5.96 Å². The molecule has 0 amide bonds. The van der Waals surface area contributed by atoms with Crippen LogP contribution in [0.2, 0.25) is 0 Å². The lowest BCUT2D eigenvalue weighted by Crippen LogP contribution is -2.42. The fraction of sp³-hybridized carbons (Fsp3) is 0.400. The van der Waals surface area contributed by atoms with Gasteiger partial charge in [-0.15, -0.1) is 0 Å². The Labute approximate surface area is 124 Å². The second-order valence-electron chi connectivity index (χ2n) is 4.91. The highest BCUT2D eigenvalue weighted by Gasteiger charge is 2.11. The molecular formula is C15H20N4O2. The van der Waals surface area contributed by atoms with Crippen LogP contribution in [0, 0.1) is 10.1 Å². The van der Waals surface area contributed by atoms with Crippen molar-refractivity contribution in [1.29, 1.82) is 0 Å². The molecule has 112 valence electrons. The van der Waals surface area contributed by atoms with Gasteiger partial charge in [-0.05, 0) is 25.3 Å². The molecule has 1 aromatic rings. The molecule has 1 aliphatic rings. The van der Waals surface area contributed by atoms with Gasteiger partial charge in [-0.3, -0.25) is 10.1 Å². The van der Waals surface area contributed by atoms with E-state index in [-0.39, 0.29) is 10.6 Å². The first-order valence-electron chi connectivity index (χ1n) is 7.12. The van der Waals surface area contributed by atoms with Crippen molar-refractivity contribution in [1.82, 2.24) is 10.6 Å². The van der Waals surface area contributed by atoms with Gasteiger partial charge in [0.2, 0.25) is 0 Å². The number of hydrogen-bond donors (Lipinski definition) is 2. The molecule has 2 rings (SSSR count). The molecule has 1 aliphatic carbocycles. The van der Waals surface area contributed by atoms with Gasteiger partial charge < -0.3 is 10.6 Å². The summed E-state index contributed by atoms with van der Waals surface area (Å²) < 4.78 is 0. The fourth-order valence-corrected chi connectivity index (χ4v) is 2.19. The standard InChI is InChI=1S/C15H20N4O2/c1-2-16-15(18-13-7-3-4-8-13)17-11-12-6-5-9-14(10-12)19(20)21/h3-6,9-10,13H,2,7-8,11H2,1H3,(H2,16,17,18). The largest absolute Gasteiger partial charge is 0.357 e. The molecule has 0 aliphatic heterocycles. The van der Waals surface area contributed by atoms with Gasteiger partial charge in [-0.25, -0.2) is 4.99 Å². The van der Waals surface area contributed by atoms with E-state index in [1.165, 1.54) is 6.07 Å². The average Bonchev–Trinajstić information content (AvgIpc) is 2.98. The molecule has 1 aromatic carbocycles. The van der Waals surface area contributed by atoms with Gasteiger partial charge in [-0.1, -0.05) is 24.3 Å². The first-order valence-corrected chi connectivity index (χ1v) is 7.12. The monoisotopic (exact) mass is 288 g/mol. The van der Waals surface area contributed by atoms with E-state index >= 15 is 0 Å². The smallest absolute Gasteiger partial charge is 0.269 e. The van der Waals surface area contributed by atoms with Gasteiger partial charge in [0.05, 0.1) is 11.5 Å². The Hall–Kier alpha value is -2.37. The minimum Gasteiger partial charge on any atom is -0.357 e. The summed E-state index contributed by atoms with van der Waals surface area (Å²) in [6.07, 6.45) is 6.31. The quantitative estimate of drug-likeness (QED) is 0.286. The van der Waals surface area contributed by atoms with E-state index in [1.54, 1.807) is 12.1 Å². The minimum absolute atomic E-state index is 0.0978. The van der Waals surface area contributed by atoms with Crippen molar-refractivity contribution in [2.45, 2.75) is 32.4 Å². The van der Waals surface area contributed by atoms with Gasteiger partial charge in [0.25, 0.3) is 5.69 Å². The Morgan fingerprint density at radius 2 is 2.19 bits per heavy atom. The number of rotatable bonds is 5. The Kier molecular flexibility index (Phi) is 5.31. The number of guanidine groups is 1. The van der Waals surface area contributed by atoms with Crippen molar-refractivity contribution in [2.75, 3.05) is 6.54 Å². The Bertz CT molecular complexity index is 546. The minimum atomic E-state index is -0.388. The van der Waals surface area contributed by atoms with E-state index in [2.05, 4.69) is 27.8 Å². The predicted molar refractivity (Wildman–Crippen MR) is 83.2 cm³/mol. The molecule has 0 bridgehead atoms. The van der Waals surface area contributed by atoms with E-state index in [0.29, 0.717) is 12.6 Å². The summed E-state index contributed by atoms with van der Waals surface area (Å²) >= 11 is 0. The second kappa shape index (κ2) is 7.42. The van der Waals surface area contributed by atoms with Crippen LogP contribution in [0.3, 0.4) is 0 Å². The normalized spacial score (nSPS) is 15.2. The molecule has 0 saturated heterocycles. The Morgan fingerprint density at radius 1 is 1.43 bits per heavy atom. The van der Waals surface area contributed by atoms with Crippen LogP contribution in [0.4, 0.5) is 5.69 Å². The van der Waals surface area contributed by atoms with Crippen LogP contribution < -0.4 is 10.6 Å². The number of nitrogens with one attached hydrogen (secondary N) is 2. The summed E-state index contributed by atoms with van der Waals surface area (Å²) in [5, 5.41) is 17.3. The van der Waals surface area contributed by atoms with Crippen LogP contribution in [0.15, 0.2) is 41.4 Å². The summed E-state index contributed by atoms with van der Waals surface area (Å²) in [6, 6.07) is 6.96. The second-order valence-corrected chi connectivity index (χ2v) is 4.91. The lowest BCUT2D eigenvalue weighted by molar-refractivity contribution is -0.384. The van der Waals surface area contributed by atoms with Crippen LogP contribution in [-0.4, -0.2) is 23.5 Å². The maximum atomic E-state index is 10.8. The summed E-state index contributed by atoms with van der Waals surface area (Å²) in [7, 11) is 0. The zero-order valence-electron chi connectivity index (χ0n) is 12.1. The van der Waals surface area contributed by atoms with Crippen molar-refractivity contribution >= 4 is 11.6 Å². The molecule has 21 heavy (non-hydrogen) atoms. The number of hydrogen-bond acceptors (Lipinski definition) is 3. The number of benzene rings is 1. The third-order valence-electron chi connectivity index (χ3n) is 3.23. The number of non-ortho nitro benzene ring substituents is 1. The summed E-state index contributed by atoms with van der Waals surface area (Å²) in [5.74, 6) is 0.748. The van der Waals surface area contributed by atoms with Crippen LogP contribution in [0.5, 0.6) is 0 Å².